The Bertz CT molecular complexity index is 513. The van der Waals surface area contributed by atoms with Crippen LogP contribution < -0.4 is 0 Å². The summed E-state index contributed by atoms with van der Waals surface area (Å²) in [5.41, 5.74) is -1.57. The summed E-state index contributed by atoms with van der Waals surface area (Å²) >= 11 is 0. The second kappa shape index (κ2) is 6.36. The Morgan fingerprint density at radius 1 is 1.45 bits per heavy atom. The number of hydrogen-bond donors (Lipinski definition) is 2. The van der Waals surface area contributed by atoms with Crippen LogP contribution in [0.2, 0.25) is 0 Å². The van der Waals surface area contributed by atoms with Gasteiger partial charge in [-0.15, -0.1) is 0 Å². The molecule has 1 aromatic rings. The largest absolute Gasteiger partial charge is 0.463 e. The topological polar surface area (TPSA) is 76.0 Å². The number of cyclic esters (lactones) is 1. The highest BCUT2D eigenvalue weighted by Crippen LogP contribution is 2.44. The Morgan fingerprint density at radius 2 is 2.09 bits per heavy atom. The molecule has 5 nitrogen and oxygen atoms in total. The van der Waals surface area contributed by atoms with Crippen LogP contribution >= 0.6 is 0 Å². The van der Waals surface area contributed by atoms with Crippen LogP contribution in [-0.2, 0) is 20.9 Å². The number of benzene rings is 1. The van der Waals surface area contributed by atoms with Gasteiger partial charge in [-0.1, -0.05) is 44.2 Å². The Hall–Kier alpha value is -1.43. The van der Waals surface area contributed by atoms with E-state index in [-0.39, 0.29) is 13.2 Å². The lowest BCUT2D eigenvalue weighted by Gasteiger charge is -2.43. The monoisotopic (exact) mass is 308 g/mol. The molecule has 0 bridgehead atoms. The van der Waals surface area contributed by atoms with Gasteiger partial charge in [0.15, 0.2) is 6.10 Å². The van der Waals surface area contributed by atoms with E-state index < -0.39 is 29.2 Å². The number of carbonyl (C=O) groups is 1. The number of esters is 1. The lowest BCUT2D eigenvalue weighted by molar-refractivity contribution is -0.181. The highest BCUT2D eigenvalue weighted by Gasteiger charge is 2.60. The van der Waals surface area contributed by atoms with Crippen molar-refractivity contribution in [2.75, 3.05) is 6.61 Å². The molecule has 2 rings (SSSR count). The van der Waals surface area contributed by atoms with Crippen molar-refractivity contribution in [3.05, 3.63) is 35.9 Å². The highest BCUT2D eigenvalue weighted by atomic mass is 16.6. The molecule has 0 radical (unpaired) electrons. The number of ether oxygens (including phenoxy) is 2. The van der Waals surface area contributed by atoms with Gasteiger partial charge in [-0.25, -0.2) is 4.79 Å². The first-order chi connectivity index (χ1) is 10.3. The van der Waals surface area contributed by atoms with Gasteiger partial charge < -0.3 is 19.7 Å². The zero-order valence-electron chi connectivity index (χ0n) is 13.3. The SMILES string of the molecule is CC[C@@H](O)[C@](C)(O)[C@]1(C)COC(=O)[C@@H]1OCc1ccccc1. The van der Waals surface area contributed by atoms with Crippen molar-refractivity contribution < 1.29 is 24.5 Å². The number of hydrogen-bond acceptors (Lipinski definition) is 5. The van der Waals surface area contributed by atoms with Gasteiger partial charge in [-0.3, -0.25) is 0 Å². The zero-order valence-corrected chi connectivity index (χ0v) is 13.3. The summed E-state index contributed by atoms with van der Waals surface area (Å²) in [6, 6.07) is 9.48. The van der Waals surface area contributed by atoms with Gasteiger partial charge in [0.25, 0.3) is 0 Å². The average Bonchev–Trinajstić information content (AvgIpc) is 2.82. The van der Waals surface area contributed by atoms with Crippen molar-refractivity contribution in [3.8, 4) is 0 Å². The molecular weight excluding hydrogens is 284 g/mol. The maximum absolute atomic E-state index is 12.0. The first-order valence-corrected chi connectivity index (χ1v) is 7.55. The molecule has 4 atom stereocenters. The maximum Gasteiger partial charge on any atom is 0.336 e. The van der Waals surface area contributed by atoms with Crippen molar-refractivity contribution in [3.63, 3.8) is 0 Å². The summed E-state index contributed by atoms with van der Waals surface area (Å²) in [6.07, 6.45) is -1.50. The average molecular weight is 308 g/mol. The Balaban J connectivity index is 2.18. The summed E-state index contributed by atoms with van der Waals surface area (Å²) in [5, 5.41) is 20.9. The molecule has 5 heteroatoms. The minimum absolute atomic E-state index is 0.0232. The molecule has 0 amide bonds. The van der Waals surface area contributed by atoms with E-state index in [0.29, 0.717) is 6.42 Å². The summed E-state index contributed by atoms with van der Waals surface area (Å²) < 4.78 is 10.9. The Kier molecular flexibility index (Phi) is 4.90. The van der Waals surface area contributed by atoms with E-state index in [4.69, 9.17) is 9.47 Å². The molecule has 0 aromatic heterocycles. The van der Waals surface area contributed by atoms with Crippen LogP contribution in [0.15, 0.2) is 30.3 Å². The van der Waals surface area contributed by atoms with Gasteiger partial charge in [0.2, 0.25) is 0 Å². The van der Waals surface area contributed by atoms with Crippen LogP contribution in [0.3, 0.4) is 0 Å². The van der Waals surface area contributed by atoms with Gasteiger partial charge in [-0.2, -0.15) is 0 Å². The highest BCUT2D eigenvalue weighted by molar-refractivity contribution is 5.78. The molecule has 1 aliphatic heterocycles. The maximum atomic E-state index is 12.0. The van der Waals surface area contributed by atoms with Crippen molar-refractivity contribution in [2.45, 2.75) is 51.6 Å². The molecule has 1 aliphatic rings. The van der Waals surface area contributed by atoms with E-state index in [2.05, 4.69) is 0 Å². The molecule has 0 aliphatic carbocycles. The van der Waals surface area contributed by atoms with Crippen molar-refractivity contribution >= 4 is 5.97 Å². The van der Waals surface area contributed by atoms with E-state index in [9.17, 15) is 15.0 Å². The summed E-state index contributed by atoms with van der Waals surface area (Å²) in [6.45, 7) is 5.29. The standard InChI is InChI=1S/C17H24O5/c1-4-13(18)17(3,20)16(2)11-22-15(19)14(16)21-10-12-8-6-5-7-9-12/h5-9,13-14,18,20H,4,10-11H2,1-3H3/t13-,14+,16-,17+/m1/s1. The molecule has 0 unspecified atom stereocenters. The Labute approximate surface area is 130 Å². The van der Waals surface area contributed by atoms with Crippen LogP contribution in [0.5, 0.6) is 0 Å². The van der Waals surface area contributed by atoms with Crippen molar-refractivity contribution in [2.24, 2.45) is 5.41 Å². The van der Waals surface area contributed by atoms with Gasteiger partial charge in [-0.05, 0) is 18.9 Å². The Morgan fingerprint density at radius 3 is 2.68 bits per heavy atom. The molecule has 1 heterocycles. The van der Waals surface area contributed by atoms with Crippen LogP contribution in [0.4, 0.5) is 0 Å². The fourth-order valence-corrected chi connectivity index (χ4v) is 2.83. The number of rotatable bonds is 6. The first-order valence-electron chi connectivity index (χ1n) is 7.55. The molecular formula is C17H24O5. The van der Waals surface area contributed by atoms with E-state index in [0.717, 1.165) is 5.56 Å². The van der Waals surface area contributed by atoms with Gasteiger partial charge in [0.1, 0.15) is 6.61 Å². The first kappa shape index (κ1) is 16.9. The summed E-state index contributed by atoms with van der Waals surface area (Å²) in [5.74, 6) is -0.498. The second-order valence-electron chi connectivity index (χ2n) is 6.27. The predicted octanol–water partition coefficient (Wildman–Crippen LogP) is 1.66. The zero-order chi connectivity index (χ0) is 16.4. The molecule has 1 saturated heterocycles. The summed E-state index contributed by atoms with van der Waals surface area (Å²) in [4.78, 5) is 12.0. The van der Waals surface area contributed by atoms with Crippen molar-refractivity contribution in [1.29, 1.82) is 0 Å². The molecule has 22 heavy (non-hydrogen) atoms. The lowest BCUT2D eigenvalue weighted by atomic mass is 9.68. The van der Waals surface area contributed by atoms with E-state index in [1.807, 2.05) is 30.3 Å². The van der Waals surface area contributed by atoms with Crippen LogP contribution in [0.25, 0.3) is 0 Å². The fourth-order valence-electron chi connectivity index (χ4n) is 2.83. The third kappa shape index (κ3) is 2.89. The number of aliphatic hydroxyl groups excluding tert-OH is 1. The van der Waals surface area contributed by atoms with Gasteiger partial charge in [0.05, 0.1) is 23.7 Å². The molecule has 1 fully saturated rings. The van der Waals surface area contributed by atoms with Gasteiger partial charge in [0, 0.05) is 0 Å². The van der Waals surface area contributed by atoms with Crippen molar-refractivity contribution in [1.82, 2.24) is 0 Å². The van der Waals surface area contributed by atoms with Crippen LogP contribution in [-0.4, -0.2) is 40.6 Å². The molecule has 0 spiro atoms. The number of aliphatic hydroxyl groups is 2. The summed E-state index contributed by atoms with van der Waals surface area (Å²) in [7, 11) is 0. The minimum atomic E-state index is -1.49. The molecule has 0 saturated carbocycles. The fraction of sp³-hybridized carbons (Fsp3) is 0.588. The molecule has 122 valence electrons. The lowest BCUT2D eigenvalue weighted by Crippen LogP contribution is -2.58. The number of carbonyl (C=O) groups excluding carboxylic acids is 1. The van der Waals surface area contributed by atoms with E-state index >= 15 is 0 Å². The third-order valence-corrected chi connectivity index (χ3v) is 4.76. The predicted molar refractivity (Wildman–Crippen MR) is 81.0 cm³/mol. The normalized spacial score (nSPS) is 29.0. The molecule has 2 N–H and O–H groups in total. The van der Waals surface area contributed by atoms with Crippen LogP contribution in [0, 0.1) is 5.41 Å². The molecule has 1 aromatic carbocycles. The van der Waals surface area contributed by atoms with Crippen LogP contribution in [0.1, 0.15) is 32.8 Å². The van der Waals surface area contributed by atoms with E-state index in [1.165, 1.54) is 6.92 Å². The minimum Gasteiger partial charge on any atom is -0.463 e. The quantitative estimate of drug-likeness (QED) is 0.782. The van der Waals surface area contributed by atoms with E-state index in [1.54, 1.807) is 13.8 Å². The smallest absolute Gasteiger partial charge is 0.336 e. The third-order valence-electron chi connectivity index (χ3n) is 4.76. The van der Waals surface area contributed by atoms with Gasteiger partial charge >= 0.3 is 5.97 Å². The second-order valence-corrected chi connectivity index (χ2v) is 6.27.